The van der Waals surface area contributed by atoms with Crippen LogP contribution in [0.1, 0.15) is 22.8 Å². The molecular weight excluding hydrogens is 319 g/mol. The van der Waals surface area contributed by atoms with Gasteiger partial charge in [-0.15, -0.1) is 0 Å². The highest BCUT2D eigenvalue weighted by atomic mass is 79.9. The van der Waals surface area contributed by atoms with Crippen LogP contribution in [0.15, 0.2) is 40.9 Å². The van der Waals surface area contributed by atoms with Crippen LogP contribution in [0.25, 0.3) is 0 Å². The van der Waals surface area contributed by atoms with E-state index in [0.29, 0.717) is 15.1 Å². The lowest BCUT2D eigenvalue weighted by atomic mass is 10.00. The average molecular weight is 330 g/mol. The molecule has 0 heterocycles. The highest BCUT2D eigenvalue weighted by molar-refractivity contribution is 9.10. The average Bonchev–Trinajstić information content (AvgIpc) is 2.32. The molecule has 0 saturated carbocycles. The molecule has 4 heteroatoms. The minimum atomic E-state index is -1.02. The lowest BCUT2D eigenvalue weighted by Crippen LogP contribution is -2.02. The van der Waals surface area contributed by atoms with Crippen LogP contribution in [0.3, 0.4) is 0 Å². The maximum atomic E-state index is 13.7. The Morgan fingerprint density at radius 1 is 1.22 bits per heavy atom. The molecule has 0 aromatic heterocycles. The Bertz CT molecular complexity index is 586. The van der Waals surface area contributed by atoms with Gasteiger partial charge in [0, 0.05) is 15.1 Å². The van der Waals surface area contributed by atoms with Crippen molar-refractivity contribution in [3.8, 4) is 0 Å². The summed E-state index contributed by atoms with van der Waals surface area (Å²) in [6.07, 6.45) is -1.02. The lowest BCUT2D eigenvalue weighted by molar-refractivity contribution is 0.215. The number of aliphatic hydroxyl groups excluding tert-OH is 1. The van der Waals surface area contributed by atoms with Gasteiger partial charge in [-0.25, -0.2) is 4.39 Å². The van der Waals surface area contributed by atoms with Crippen molar-refractivity contribution in [2.75, 3.05) is 0 Å². The maximum Gasteiger partial charge on any atom is 0.130 e. The van der Waals surface area contributed by atoms with Crippen molar-refractivity contribution in [3.05, 3.63) is 68.4 Å². The summed E-state index contributed by atoms with van der Waals surface area (Å²) in [6, 6.07) is 9.78. The topological polar surface area (TPSA) is 20.2 Å². The van der Waals surface area contributed by atoms with Crippen LogP contribution in [0, 0.1) is 12.7 Å². The molecule has 0 radical (unpaired) electrons. The molecule has 1 atom stereocenters. The van der Waals surface area contributed by atoms with Gasteiger partial charge in [-0.1, -0.05) is 45.7 Å². The second kappa shape index (κ2) is 5.39. The Morgan fingerprint density at radius 2 is 1.94 bits per heavy atom. The molecule has 0 fully saturated rings. The molecule has 2 rings (SSSR count). The van der Waals surface area contributed by atoms with Crippen LogP contribution in [0.2, 0.25) is 5.02 Å². The van der Waals surface area contributed by atoms with Crippen molar-refractivity contribution >= 4 is 27.5 Å². The summed E-state index contributed by atoms with van der Waals surface area (Å²) >= 11 is 9.18. The van der Waals surface area contributed by atoms with Crippen LogP contribution in [0.5, 0.6) is 0 Å². The van der Waals surface area contributed by atoms with E-state index in [1.807, 2.05) is 6.92 Å². The summed E-state index contributed by atoms with van der Waals surface area (Å²) in [5.41, 5.74) is 1.73. The lowest BCUT2D eigenvalue weighted by Gasteiger charge is -2.13. The molecule has 2 aromatic carbocycles. The van der Waals surface area contributed by atoms with E-state index in [-0.39, 0.29) is 5.56 Å². The van der Waals surface area contributed by atoms with Crippen LogP contribution >= 0.6 is 27.5 Å². The summed E-state index contributed by atoms with van der Waals surface area (Å²) in [7, 11) is 0. The third-order valence-corrected chi connectivity index (χ3v) is 3.67. The van der Waals surface area contributed by atoms with Gasteiger partial charge in [-0.05, 0) is 36.2 Å². The van der Waals surface area contributed by atoms with Gasteiger partial charge >= 0.3 is 0 Å². The second-order valence-corrected chi connectivity index (χ2v) is 5.40. The van der Waals surface area contributed by atoms with Gasteiger partial charge in [0.15, 0.2) is 0 Å². The number of halogens is 3. The largest absolute Gasteiger partial charge is 0.384 e. The van der Waals surface area contributed by atoms with Crippen LogP contribution in [-0.2, 0) is 0 Å². The second-order valence-electron chi connectivity index (χ2n) is 4.08. The van der Waals surface area contributed by atoms with Crippen molar-refractivity contribution in [2.45, 2.75) is 13.0 Å². The Morgan fingerprint density at radius 3 is 2.56 bits per heavy atom. The monoisotopic (exact) mass is 328 g/mol. The van der Waals surface area contributed by atoms with Gasteiger partial charge in [-0.3, -0.25) is 0 Å². The molecule has 94 valence electrons. The van der Waals surface area contributed by atoms with Gasteiger partial charge in [0.25, 0.3) is 0 Å². The zero-order valence-corrected chi connectivity index (χ0v) is 12.0. The fourth-order valence-corrected chi connectivity index (χ4v) is 2.20. The Labute approximate surface area is 118 Å². The first kappa shape index (κ1) is 13.5. The summed E-state index contributed by atoms with van der Waals surface area (Å²) in [6.45, 7) is 1.87. The van der Waals surface area contributed by atoms with E-state index in [2.05, 4.69) is 15.9 Å². The van der Waals surface area contributed by atoms with E-state index in [1.54, 1.807) is 30.3 Å². The van der Waals surface area contributed by atoms with E-state index in [9.17, 15) is 9.50 Å². The van der Waals surface area contributed by atoms with Crippen LogP contribution in [0.4, 0.5) is 4.39 Å². The van der Waals surface area contributed by atoms with Crippen molar-refractivity contribution in [1.82, 2.24) is 0 Å². The van der Waals surface area contributed by atoms with E-state index < -0.39 is 11.9 Å². The number of rotatable bonds is 2. The standard InChI is InChI=1S/C14H11BrClFO/c1-8-2-3-9(6-12(8)16)14(18)11-5-4-10(15)7-13(11)17/h2-7,14,18H,1H3. The zero-order chi connectivity index (χ0) is 13.3. The third-order valence-electron chi connectivity index (χ3n) is 2.77. The molecule has 2 aromatic rings. The van der Waals surface area contributed by atoms with Gasteiger partial charge in [-0.2, -0.15) is 0 Å². The number of hydrogen-bond donors (Lipinski definition) is 1. The molecule has 0 aliphatic heterocycles. The Balaban J connectivity index is 2.41. The summed E-state index contributed by atoms with van der Waals surface area (Å²) in [5, 5.41) is 10.7. The van der Waals surface area contributed by atoms with Gasteiger partial charge < -0.3 is 5.11 Å². The number of aliphatic hydroxyl groups is 1. The molecule has 0 aliphatic carbocycles. The molecule has 0 amide bonds. The van der Waals surface area contributed by atoms with E-state index in [4.69, 9.17) is 11.6 Å². The predicted octanol–water partition coefficient (Wildman–Crippen LogP) is 4.63. The predicted molar refractivity (Wildman–Crippen MR) is 74.4 cm³/mol. The smallest absolute Gasteiger partial charge is 0.130 e. The van der Waals surface area contributed by atoms with Crippen molar-refractivity contribution in [1.29, 1.82) is 0 Å². The Hall–Kier alpha value is -0.900. The van der Waals surface area contributed by atoms with Crippen LogP contribution < -0.4 is 0 Å². The van der Waals surface area contributed by atoms with E-state index >= 15 is 0 Å². The normalized spacial score (nSPS) is 12.5. The molecule has 0 spiro atoms. The molecule has 18 heavy (non-hydrogen) atoms. The van der Waals surface area contributed by atoms with Gasteiger partial charge in [0.05, 0.1) is 0 Å². The van der Waals surface area contributed by atoms with Gasteiger partial charge in [0.1, 0.15) is 11.9 Å². The highest BCUT2D eigenvalue weighted by Gasteiger charge is 2.15. The first-order chi connectivity index (χ1) is 8.49. The maximum absolute atomic E-state index is 13.7. The first-order valence-electron chi connectivity index (χ1n) is 5.38. The number of aryl methyl sites for hydroxylation is 1. The van der Waals surface area contributed by atoms with Crippen molar-refractivity contribution in [2.24, 2.45) is 0 Å². The molecule has 1 nitrogen and oxygen atoms in total. The minimum Gasteiger partial charge on any atom is -0.384 e. The van der Waals surface area contributed by atoms with Gasteiger partial charge in [0.2, 0.25) is 0 Å². The first-order valence-corrected chi connectivity index (χ1v) is 6.55. The van der Waals surface area contributed by atoms with Crippen LogP contribution in [-0.4, -0.2) is 5.11 Å². The van der Waals surface area contributed by atoms with Crippen molar-refractivity contribution in [3.63, 3.8) is 0 Å². The van der Waals surface area contributed by atoms with E-state index in [1.165, 1.54) is 6.07 Å². The van der Waals surface area contributed by atoms with Crippen molar-refractivity contribution < 1.29 is 9.50 Å². The molecule has 0 saturated heterocycles. The molecule has 1 unspecified atom stereocenters. The summed E-state index contributed by atoms with van der Waals surface area (Å²) in [4.78, 5) is 0. The highest BCUT2D eigenvalue weighted by Crippen LogP contribution is 2.28. The SMILES string of the molecule is Cc1ccc(C(O)c2ccc(Br)cc2F)cc1Cl. The zero-order valence-electron chi connectivity index (χ0n) is 9.62. The minimum absolute atomic E-state index is 0.234. The van der Waals surface area contributed by atoms with E-state index in [0.717, 1.165) is 5.56 Å². The third kappa shape index (κ3) is 2.74. The number of hydrogen-bond acceptors (Lipinski definition) is 1. The summed E-state index contributed by atoms with van der Waals surface area (Å²) < 4.78 is 14.4. The molecule has 1 N–H and O–H groups in total. The summed E-state index contributed by atoms with van der Waals surface area (Å²) in [5.74, 6) is -0.450. The molecule has 0 bridgehead atoms. The molecular formula is C14H11BrClFO. The number of benzene rings is 2. The Kier molecular flexibility index (Phi) is 4.05. The fourth-order valence-electron chi connectivity index (χ4n) is 1.68. The quantitative estimate of drug-likeness (QED) is 0.851. The fraction of sp³-hybridized carbons (Fsp3) is 0.143. The molecule has 0 aliphatic rings.